The molecule has 1 aromatic carbocycles. The second-order valence-corrected chi connectivity index (χ2v) is 6.97. The summed E-state index contributed by atoms with van der Waals surface area (Å²) in [5.74, 6) is 3.07. The molecule has 0 aromatic heterocycles. The molecule has 0 amide bonds. The summed E-state index contributed by atoms with van der Waals surface area (Å²) in [5.41, 5.74) is 2.23. The third kappa shape index (κ3) is 3.74. The molecule has 1 fully saturated rings. The van der Waals surface area contributed by atoms with E-state index in [-0.39, 0.29) is 5.75 Å². The number of anilines is 1. The molecule has 1 aromatic rings. The lowest BCUT2D eigenvalue weighted by atomic mass is 10.1. The van der Waals surface area contributed by atoms with E-state index in [2.05, 4.69) is 10.6 Å². The molecular weight excluding hydrogens is 258 g/mol. The maximum atomic E-state index is 12.1. The van der Waals surface area contributed by atoms with E-state index in [1.807, 2.05) is 13.0 Å². The highest BCUT2D eigenvalue weighted by atomic mass is 32.2. The van der Waals surface area contributed by atoms with Gasteiger partial charge >= 0.3 is 0 Å². The molecule has 0 radical (unpaired) electrons. The van der Waals surface area contributed by atoms with Gasteiger partial charge in [-0.25, -0.2) is 8.42 Å². The molecule has 0 aliphatic heterocycles. The summed E-state index contributed by atoms with van der Waals surface area (Å²) < 4.78 is 26.9. The zero-order chi connectivity index (χ0) is 13.9. The largest absolute Gasteiger partial charge is 0.283 e. The van der Waals surface area contributed by atoms with Gasteiger partial charge in [-0.2, -0.15) is 0 Å². The van der Waals surface area contributed by atoms with Crippen LogP contribution < -0.4 is 4.72 Å². The Morgan fingerprint density at radius 1 is 1.37 bits per heavy atom. The SMILES string of the molecule is C#Cc1ccc(NS(=O)(=O)CC2CCCC2)c(C)c1. The lowest BCUT2D eigenvalue weighted by Gasteiger charge is -2.13. The number of benzene rings is 1. The van der Waals surface area contributed by atoms with Gasteiger partial charge in [0, 0.05) is 5.56 Å². The Morgan fingerprint density at radius 3 is 2.63 bits per heavy atom. The Morgan fingerprint density at radius 2 is 2.05 bits per heavy atom. The maximum Gasteiger partial charge on any atom is 0.233 e. The lowest BCUT2D eigenvalue weighted by molar-refractivity contribution is 0.563. The lowest BCUT2D eigenvalue weighted by Crippen LogP contribution is -2.21. The van der Waals surface area contributed by atoms with E-state index in [0.29, 0.717) is 11.6 Å². The van der Waals surface area contributed by atoms with Gasteiger partial charge in [-0.1, -0.05) is 18.8 Å². The van der Waals surface area contributed by atoms with Crippen LogP contribution in [0.15, 0.2) is 18.2 Å². The highest BCUT2D eigenvalue weighted by molar-refractivity contribution is 7.92. The van der Waals surface area contributed by atoms with Gasteiger partial charge in [-0.05, 0) is 49.4 Å². The van der Waals surface area contributed by atoms with Crippen LogP contribution in [0.4, 0.5) is 5.69 Å². The van der Waals surface area contributed by atoms with Crippen molar-refractivity contribution in [2.45, 2.75) is 32.6 Å². The molecule has 1 aliphatic carbocycles. The summed E-state index contributed by atoms with van der Waals surface area (Å²) >= 11 is 0. The molecule has 0 unspecified atom stereocenters. The van der Waals surface area contributed by atoms with E-state index >= 15 is 0 Å². The molecule has 102 valence electrons. The van der Waals surface area contributed by atoms with Crippen molar-refractivity contribution >= 4 is 15.7 Å². The van der Waals surface area contributed by atoms with Gasteiger partial charge in [0.05, 0.1) is 11.4 Å². The van der Waals surface area contributed by atoms with Crippen LogP contribution in [-0.2, 0) is 10.0 Å². The average Bonchev–Trinajstić information content (AvgIpc) is 2.83. The van der Waals surface area contributed by atoms with Crippen LogP contribution in [0.2, 0.25) is 0 Å². The van der Waals surface area contributed by atoms with Crippen molar-refractivity contribution in [1.29, 1.82) is 0 Å². The predicted octanol–water partition coefficient (Wildman–Crippen LogP) is 2.91. The molecule has 0 spiro atoms. The number of nitrogens with one attached hydrogen (secondary N) is 1. The third-order valence-corrected chi connectivity index (χ3v) is 5.03. The fourth-order valence-corrected chi connectivity index (χ4v) is 4.17. The number of sulfonamides is 1. The Kier molecular flexibility index (Phi) is 4.16. The highest BCUT2D eigenvalue weighted by Gasteiger charge is 2.22. The van der Waals surface area contributed by atoms with Gasteiger partial charge in [-0.15, -0.1) is 6.42 Å². The topological polar surface area (TPSA) is 46.2 Å². The van der Waals surface area contributed by atoms with Gasteiger partial charge in [0.1, 0.15) is 0 Å². The standard InChI is InChI=1S/C15H19NO2S/c1-3-13-8-9-15(12(2)10-13)16-19(17,18)11-14-6-4-5-7-14/h1,8-10,14,16H,4-7,11H2,2H3. The minimum atomic E-state index is -3.26. The van der Waals surface area contributed by atoms with Crippen LogP contribution >= 0.6 is 0 Å². The summed E-state index contributed by atoms with van der Waals surface area (Å²) in [6.45, 7) is 1.86. The van der Waals surface area contributed by atoms with Crippen LogP contribution in [0.25, 0.3) is 0 Å². The Labute approximate surface area is 115 Å². The van der Waals surface area contributed by atoms with Crippen LogP contribution in [0, 0.1) is 25.2 Å². The number of rotatable bonds is 4. The number of aryl methyl sites for hydroxylation is 1. The van der Waals surface area contributed by atoms with E-state index in [0.717, 1.165) is 36.8 Å². The van der Waals surface area contributed by atoms with Gasteiger partial charge in [-0.3, -0.25) is 4.72 Å². The third-order valence-electron chi connectivity index (χ3n) is 3.59. The van der Waals surface area contributed by atoms with Crippen molar-refractivity contribution in [3.63, 3.8) is 0 Å². The predicted molar refractivity (Wildman–Crippen MR) is 78.5 cm³/mol. The minimum Gasteiger partial charge on any atom is -0.283 e. The molecule has 4 heteroatoms. The maximum absolute atomic E-state index is 12.1. The summed E-state index contributed by atoms with van der Waals surface area (Å²) in [7, 11) is -3.26. The van der Waals surface area contributed by atoms with Gasteiger partial charge < -0.3 is 0 Å². The normalized spacial score (nSPS) is 16.2. The monoisotopic (exact) mass is 277 g/mol. The number of hydrogen-bond donors (Lipinski definition) is 1. The van der Waals surface area contributed by atoms with Crippen molar-refractivity contribution in [1.82, 2.24) is 0 Å². The molecule has 0 atom stereocenters. The van der Waals surface area contributed by atoms with E-state index < -0.39 is 10.0 Å². The van der Waals surface area contributed by atoms with Gasteiger partial charge in [0.2, 0.25) is 10.0 Å². The zero-order valence-corrected chi connectivity index (χ0v) is 12.0. The molecule has 3 nitrogen and oxygen atoms in total. The van der Waals surface area contributed by atoms with E-state index in [1.54, 1.807) is 12.1 Å². The molecule has 1 N–H and O–H groups in total. The van der Waals surface area contributed by atoms with E-state index in [4.69, 9.17) is 6.42 Å². The van der Waals surface area contributed by atoms with Crippen molar-refractivity contribution in [2.24, 2.45) is 5.92 Å². The quantitative estimate of drug-likeness (QED) is 0.860. The highest BCUT2D eigenvalue weighted by Crippen LogP contribution is 2.27. The Hall–Kier alpha value is -1.47. The molecule has 2 rings (SSSR count). The average molecular weight is 277 g/mol. The zero-order valence-electron chi connectivity index (χ0n) is 11.1. The second-order valence-electron chi connectivity index (χ2n) is 5.21. The van der Waals surface area contributed by atoms with Crippen molar-refractivity contribution in [2.75, 3.05) is 10.5 Å². The first kappa shape index (κ1) is 14.0. The summed E-state index contributed by atoms with van der Waals surface area (Å²) in [4.78, 5) is 0. The number of terminal acetylenes is 1. The van der Waals surface area contributed by atoms with Crippen molar-refractivity contribution in [3.8, 4) is 12.3 Å². The first-order chi connectivity index (χ1) is 9.00. The minimum absolute atomic E-state index is 0.226. The molecule has 0 bridgehead atoms. The van der Waals surface area contributed by atoms with Crippen LogP contribution in [0.1, 0.15) is 36.8 Å². The first-order valence-electron chi connectivity index (χ1n) is 6.58. The summed E-state index contributed by atoms with van der Waals surface area (Å²) in [6.07, 6.45) is 9.66. The Balaban J connectivity index is 2.09. The van der Waals surface area contributed by atoms with Crippen LogP contribution in [0.3, 0.4) is 0 Å². The fourth-order valence-electron chi connectivity index (χ4n) is 2.56. The van der Waals surface area contributed by atoms with Gasteiger partial charge in [0.25, 0.3) is 0 Å². The number of hydrogen-bond acceptors (Lipinski definition) is 2. The van der Waals surface area contributed by atoms with E-state index in [1.165, 1.54) is 0 Å². The molecule has 1 aliphatic rings. The van der Waals surface area contributed by atoms with Crippen molar-refractivity contribution < 1.29 is 8.42 Å². The molecular formula is C15H19NO2S. The molecule has 1 saturated carbocycles. The van der Waals surface area contributed by atoms with Crippen LogP contribution in [0.5, 0.6) is 0 Å². The molecule has 19 heavy (non-hydrogen) atoms. The van der Waals surface area contributed by atoms with E-state index in [9.17, 15) is 8.42 Å². The first-order valence-corrected chi connectivity index (χ1v) is 8.23. The summed E-state index contributed by atoms with van der Waals surface area (Å²) in [6, 6.07) is 5.30. The Bertz CT molecular complexity index is 593. The summed E-state index contributed by atoms with van der Waals surface area (Å²) in [5, 5.41) is 0. The smallest absolute Gasteiger partial charge is 0.233 e. The molecule has 0 saturated heterocycles. The second kappa shape index (κ2) is 5.66. The van der Waals surface area contributed by atoms with Crippen molar-refractivity contribution in [3.05, 3.63) is 29.3 Å². The van der Waals surface area contributed by atoms with Crippen LogP contribution in [-0.4, -0.2) is 14.2 Å². The van der Waals surface area contributed by atoms with Gasteiger partial charge in [0.15, 0.2) is 0 Å². The molecule has 0 heterocycles. The fraction of sp³-hybridized carbons (Fsp3) is 0.467.